The highest BCUT2D eigenvalue weighted by molar-refractivity contribution is 6.07. The molecule has 1 saturated heterocycles. The number of nitrogens with two attached hydrogens (primary N) is 1. The van der Waals surface area contributed by atoms with Gasteiger partial charge in [0, 0.05) is 23.5 Å². The first-order valence-corrected chi connectivity index (χ1v) is 20.2. The van der Waals surface area contributed by atoms with Gasteiger partial charge < -0.3 is 50.3 Å². The van der Waals surface area contributed by atoms with Crippen LogP contribution in [0, 0.1) is 0 Å². The summed E-state index contributed by atoms with van der Waals surface area (Å²) >= 11 is 0. The fourth-order valence-corrected chi connectivity index (χ4v) is 8.31. The van der Waals surface area contributed by atoms with E-state index < -0.39 is 23.9 Å². The Morgan fingerprint density at radius 3 is 2.65 bits per heavy atom. The van der Waals surface area contributed by atoms with Gasteiger partial charge in [-0.25, -0.2) is 19.6 Å². The highest BCUT2D eigenvalue weighted by Gasteiger charge is 2.47. The van der Waals surface area contributed by atoms with Gasteiger partial charge in [0.05, 0.1) is 43.7 Å². The summed E-state index contributed by atoms with van der Waals surface area (Å²) in [6, 6.07) is 13.3. The van der Waals surface area contributed by atoms with Gasteiger partial charge in [-0.05, 0) is 90.9 Å². The number of alkyl carbamates (subject to hydrolysis) is 2. The number of nitrogens with zero attached hydrogens (tertiary/aromatic N) is 4. The molecule has 4 heterocycles. The van der Waals surface area contributed by atoms with Crippen molar-refractivity contribution in [3.05, 3.63) is 89.7 Å². The predicted octanol–water partition coefficient (Wildman–Crippen LogP) is 5.88. The summed E-state index contributed by atoms with van der Waals surface area (Å²) < 4.78 is 15.9. The van der Waals surface area contributed by atoms with Crippen molar-refractivity contribution < 1.29 is 33.4 Å². The maximum Gasteiger partial charge on any atom is 0.407 e. The number of methoxy groups -OCH3 is 2. The number of likely N-dealkylation sites (tertiary alicyclic amines) is 1. The zero-order valence-corrected chi connectivity index (χ0v) is 34.1. The first-order valence-electron chi connectivity index (χ1n) is 20.2. The van der Waals surface area contributed by atoms with Gasteiger partial charge in [-0.15, -0.1) is 0 Å². The van der Waals surface area contributed by atoms with Crippen molar-refractivity contribution in [2.45, 2.75) is 76.8 Å². The molecule has 1 unspecified atom stereocenters. The lowest BCUT2D eigenvalue weighted by Gasteiger charge is -2.36. The first kappa shape index (κ1) is 40.1. The fraction of sp³-hybridized carbons (Fsp3) is 0.364. The van der Waals surface area contributed by atoms with Crippen LogP contribution in [0.15, 0.2) is 72.5 Å². The summed E-state index contributed by atoms with van der Waals surface area (Å²) in [6.45, 7) is 4.80. The van der Waals surface area contributed by atoms with Crippen LogP contribution in [0.4, 0.5) is 9.59 Å². The van der Waals surface area contributed by atoms with Crippen LogP contribution in [0.3, 0.4) is 0 Å². The van der Waals surface area contributed by atoms with E-state index >= 15 is 0 Å². The molecule has 3 atom stereocenters. The van der Waals surface area contributed by atoms with E-state index in [1.807, 2.05) is 56.3 Å². The van der Waals surface area contributed by atoms with Gasteiger partial charge in [0.1, 0.15) is 36.6 Å². The lowest BCUT2D eigenvalue weighted by molar-refractivity contribution is -0.137. The summed E-state index contributed by atoms with van der Waals surface area (Å²) in [4.78, 5) is 70.9. The normalized spacial score (nSPS) is 17.9. The molecule has 0 bridgehead atoms. The molecule has 60 heavy (non-hydrogen) atoms. The van der Waals surface area contributed by atoms with Gasteiger partial charge in [-0.2, -0.15) is 0 Å². The van der Waals surface area contributed by atoms with E-state index in [4.69, 9.17) is 20.2 Å². The molecule has 2 aliphatic heterocycles. The quantitative estimate of drug-likeness (QED) is 0.107. The van der Waals surface area contributed by atoms with Crippen LogP contribution in [-0.4, -0.2) is 93.1 Å². The van der Waals surface area contributed by atoms with E-state index in [9.17, 15) is 19.2 Å². The molecule has 4 amide bonds. The second-order valence-electron chi connectivity index (χ2n) is 15.4. The zero-order chi connectivity index (χ0) is 42.1. The number of aromatic nitrogens is 4. The van der Waals surface area contributed by atoms with Crippen molar-refractivity contribution in [2.75, 3.05) is 27.3 Å². The molecule has 5 aromatic rings. The van der Waals surface area contributed by atoms with Gasteiger partial charge in [0.25, 0.3) is 5.91 Å². The van der Waals surface area contributed by atoms with E-state index in [-0.39, 0.29) is 30.9 Å². The number of amides is 4. The fourth-order valence-electron chi connectivity index (χ4n) is 8.31. The number of rotatable bonds is 11. The van der Waals surface area contributed by atoms with Crippen LogP contribution in [0.25, 0.3) is 44.2 Å². The summed E-state index contributed by atoms with van der Waals surface area (Å²) in [7, 11) is 2.53. The van der Waals surface area contributed by atoms with E-state index in [0.717, 1.165) is 69.2 Å². The second-order valence-corrected chi connectivity index (χ2v) is 15.4. The van der Waals surface area contributed by atoms with Crippen LogP contribution < -0.4 is 21.1 Å². The number of fused-ring (bicyclic) bond motifs is 6. The Bertz CT molecular complexity index is 2560. The zero-order valence-electron chi connectivity index (χ0n) is 34.1. The van der Waals surface area contributed by atoms with Gasteiger partial charge in [-0.1, -0.05) is 43.4 Å². The molecule has 16 nitrogen and oxygen atoms in total. The molecule has 16 heteroatoms. The Morgan fingerprint density at radius 1 is 1.05 bits per heavy atom. The number of benzene rings is 3. The lowest BCUT2D eigenvalue weighted by Crippen LogP contribution is -2.58. The standard InChI is InChI=1S/C44H49N9O7/c1-5-25(2)52(37(54)22-47-42(56)58-3)23-36-46-21-34(48-36)28-12-14-30-29(18-28)24-60-35-20-31-27(19-32(30)35)13-15-33-39(31)50-41(49-33)44(45)16-9-17-53(44)40(55)38(51-43(57)59-4)26-10-7-6-8-11-26/h7,10-15,18-21,25,38H,5-6,8-9,16-17,22-24,45H2,1-4H3,(H,46,48)(H,47,56)(H,49,50)(H,51,57)/t25-,38+,44?/m0/s1. The van der Waals surface area contributed by atoms with Gasteiger partial charge in [0.15, 0.2) is 5.66 Å². The van der Waals surface area contributed by atoms with Crippen molar-refractivity contribution in [3.8, 4) is 28.1 Å². The topological polar surface area (TPSA) is 210 Å². The SMILES string of the molecule is CC[C@H](C)N(Cc1ncc(-c2ccc3c(c2)COc2cc4c(ccc5nc(C6(N)CCCN6C(=O)[C@H](NC(=O)OC)C6=CCCC=C6)[nH]c54)cc2-3)[nH]1)C(=O)CNC(=O)OC. The lowest BCUT2D eigenvalue weighted by atomic mass is 9.92. The minimum atomic E-state index is -1.23. The van der Waals surface area contributed by atoms with Crippen molar-refractivity contribution in [1.82, 2.24) is 40.4 Å². The molecule has 2 aromatic heterocycles. The molecule has 3 aliphatic rings. The molecule has 6 N–H and O–H groups in total. The smallest absolute Gasteiger partial charge is 0.407 e. The molecule has 1 aliphatic carbocycles. The molecular weight excluding hydrogens is 767 g/mol. The number of hydrogen-bond donors (Lipinski definition) is 5. The molecule has 0 saturated carbocycles. The number of imidazole rings is 2. The predicted molar refractivity (Wildman–Crippen MR) is 224 cm³/mol. The number of nitrogens with one attached hydrogen (secondary N) is 4. The van der Waals surface area contributed by atoms with Crippen LogP contribution in [0.2, 0.25) is 0 Å². The summed E-state index contributed by atoms with van der Waals surface area (Å²) in [5, 5.41) is 7.07. The van der Waals surface area contributed by atoms with Crippen LogP contribution in [-0.2, 0) is 37.9 Å². The second kappa shape index (κ2) is 16.5. The number of H-pyrrole nitrogens is 2. The van der Waals surface area contributed by atoms with Crippen molar-refractivity contribution in [2.24, 2.45) is 5.73 Å². The average molecular weight is 816 g/mol. The largest absolute Gasteiger partial charge is 0.488 e. The van der Waals surface area contributed by atoms with Crippen LogP contribution in [0.5, 0.6) is 5.75 Å². The van der Waals surface area contributed by atoms with Gasteiger partial charge >= 0.3 is 12.2 Å². The number of carbonyl (C=O) groups is 4. The third-order valence-corrected chi connectivity index (χ3v) is 11.8. The Balaban J connectivity index is 1.04. The van der Waals surface area contributed by atoms with E-state index in [2.05, 4.69) is 48.5 Å². The Morgan fingerprint density at radius 2 is 1.88 bits per heavy atom. The number of allylic oxidation sites excluding steroid dienone is 2. The minimum absolute atomic E-state index is 0.0714. The highest BCUT2D eigenvalue weighted by atomic mass is 16.5. The number of ether oxygens (including phenoxy) is 3. The van der Waals surface area contributed by atoms with Crippen LogP contribution in [0.1, 0.15) is 63.2 Å². The molecule has 8 rings (SSSR count). The molecular formula is C44H49N9O7. The number of aromatic amines is 2. The maximum atomic E-state index is 14.2. The van der Waals surface area contributed by atoms with E-state index in [1.54, 1.807) is 16.0 Å². The molecule has 1 fully saturated rings. The van der Waals surface area contributed by atoms with Crippen molar-refractivity contribution in [1.29, 1.82) is 0 Å². The third-order valence-electron chi connectivity index (χ3n) is 11.8. The summed E-state index contributed by atoms with van der Waals surface area (Å²) in [6.07, 6.45) is 9.72. The monoisotopic (exact) mass is 815 g/mol. The minimum Gasteiger partial charge on any atom is -0.488 e. The van der Waals surface area contributed by atoms with Gasteiger partial charge in [-0.3, -0.25) is 9.59 Å². The van der Waals surface area contributed by atoms with E-state index in [0.29, 0.717) is 48.7 Å². The van der Waals surface area contributed by atoms with E-state index in [1.165, 1.54) is 14.2 Å². The molecule has 312 valence electrons. The summed E-state index contributed by atoms with van der Waals surface area (Å²) in [5.74, 6) is 1.26. The Hall–Kier alpha value is -6.68. The highest BCUT2D eigenvalue weighted by Crippen LogP contribution is 2.43. The number of carbonyl (C=O) groups excluding carboxylic acids is 4. The van der Waals surface area contributed by atoms with Crippen molar-refractivity contribution in [3.63, 3.8) is 0 Å². The average Bonchev–Trinajstić information content (AvgIpc) is 4.04. The Labute approximate surface area is 346 Å². The van der Waals surface area contributed by atoms with Gasteiger partial charge in [0.2, 0.25) is 5.91 Å². The molecule has 0 radical (unpaired) electrons. The third kappa shape index (κ3) is 7.54. The number of hydrogen-bond acceptors (Lipinski definition) is 10. The van der Waals surface area contributed by atoms with Crippen LogP contribution >= 0.6 is 0 Å². The molecule has 0 spiro atoms. The maximum absolute atomic E-state index is 14.2. The first-order chi connectivity index (χ1) is 29.0. The summed E-state index contributed by atoms with van der Waals surface area (Å²) in [5.41, 5.74) is 12.8. The van der Waals surface area contributed by atoms with Crippen molar-refractivity contribution >= 4 is 45.8 Å². The Kier molecular flexibility index (Phi) is 11.0. The molecule has 3 aromatic carbocycles.